The molecule has 0 spiro atoms. The van der Waals surface area contributed by atoms with E-state index in [0.717, 1.165) is 61.5 Å². The molecule has 176 valence electrons. The van der Waals surface area contributed by atoms with Gasteiger partial charge in [0.15, 0.2) is 5.96 Å². The lowest BCUT2D eigenvalue weighted by molar-refractivity contribution is 0.122. The van der Waals surface area contributed by atoms with Crippen molar-refractivity contribution < 1.29 is 9.47 Å². The SMILES string of the molecule is CCNC(=NCc1ccccc1OC(C)(C)C)NCc1cccnc1N1CCOCC1.I. The van der Waals surface area contributed by atoms with Crippen molar-refractivity contribution in [1.82, 2.24) is 15.6 Å². The second-order valence-electron chi connectivity index (χ2n) is 8.46. The maximum Gasteiger partial charge on any atom is 0.191 e. The first kappa shape index (κ1) is 26.2. The summed E-state index contributed by atoms with van der Waals surface area (Å²) in [4.78, 5) is 11.7. The Morgan fingerprint density at radius 3 is 2.53 bits per heavy atom. The van der Waals surface area contributed by atoms with Gasteiger partial charge in [0, 0.05) is 43.5 Å². The highest BCUT2D eigenvalue weighted by atomic mass is 127. The quantitative estimate of drug-likeness (QED) is 0.307. The molecule has 0 atom stereocenters. The second-order valence-corrected chi connectivity index (χ2v) is 8.46. The summed E-state index contributed by atoms with van der Waals surface area (Å²) >= 11 is 0. The molecule has 2 aromatic rings. The first-order valence-corrected chi connectivity index (χ1v) is 11.0. The van der Waals surface area contributed by atoms with Crippen LogP contribution >= 0.6 is 24.0 Å². The molecule has 1 saturated heterocycles. The number of ether oxygens (including phenoxy) is 2. The predicted molar refractivity (Wildman–Crippen MR) is 141 cm³/mol. The highest BCUT2D eigenvalue weighted by molar-refractivity contribution is 14.0. The Kier molecular flexibility index (Phi) is 10.5. The molecule has 2 N–H and O–H groups in total. The molecule has 0 unspecified atom stereocenters. The minimum absolute atomic E-state index is 0. The molecule has 32 heavy (non-hydrogen) atoms. The van der Waals surface area contributed by atoms with Gasteiger partial charge in [-0.15, -0.1) is 24.0 Å². The Hall–Kier alpha value is -2.07. The lowest BCUT2D eigenvalue weighted by atomic mass is 10.1. The Labute approximate surface area is 209 Å². The number of pyridine rings is 1. The molecular weight excluding hydrogens is 517 g/mol. The van der Waals surface area contributed by atoms with Gasteiger partial charge in [-0.3, -0.25) is 0 Å². The van der Waals surface area contributed by atoms with Crippen LogP contribution in [0.2, 0.25) is 0 Å². The molecule has 0 saturated carbocycles. The number of halogens is 1. The Bertz CT molecular complexity index is 863. The lowest BCUT2D eigenvalue weighted by Crippen LogP contribution is -2.39. The zero-order valence-electron chi connectivity index (χ0n) is 19.6. The van der Waals surface area contributed by atoms with E-state index in [2.05, 4.69) is 60.3 Å². The molecule has 0 amide bonds. The van der Waals surface area contributed by atoms with E-state index in [4.69, 9.17) is 14.5 Å². The summed E-state index contributed by atoms with van der Waals surface area (Å²) in [7, 11) is 0. The van der Waals surface area contributed by atoms with Gasteiger partial charge >= 0.3 is 0 Å². The van der Waals surface area contributed by atoms with Gasteiger partial charge in [0.2, 0.25) is 0 Å². The minimum Gasteiger partial charge on any atom is -0.488 e. The van der Waals surface area contributed by atoms with Crippen LogP contribution in [0.1, 0.15) is 38.8 Å². The van der Waals surface area contributed by atoms with Crippen molar-refractivity contribution in [3.8, 4) is 5.75 Å². The summed E-state index contributed by atoms with van der Waals surface area (Å²) in [5.41, 5.74) is 1.95. The van der Waals surface area contributed by atoms with Crippen LogP contribution in [-0.4, -0.2) is 49.4 Å². The third-order valence-electron chi connectivity index (χ3n) is 4.76. The highest BCUT2D eigenvalue weighted by Crippen LogP contribution is 2.23. The van der Waals surface area contributed by atoms with Crippen LogP contribution in [0.4, 0.5) is 5.82 Å². The predicted octanol–water partition coefficient (Wildman–Crippen LogP) is 3.97. The fourth-order valence-electron chi connectivity index (χ4n) is 3.38. The number of anilines is 1. The Morgan fingerprint density at radius 2 is 1.81 bits per heavy atom. The number of hydrogen-bond acceptors (Lipinski definition) is 5. The zero-order valence-corrected chi connectivity index (χ0v) is 21.9. The van der Waals surface area contributed by atoms with Gasteiger partial charge in [-0.2, -0.15) is 0 Å². The van der Waals surface area contributed by atoms with Gasteiger partial charge in [0.05, 0.1) is 19.8 Å². The summed E-state index contributed by atoms with van der Waals surface area (Å²) < 4.78 is 11.6. The Balaban J connectivity index is 0.00000363. The summed E-state index contributed by atoms with van der Waals surface area (Å²) in [5, 5.41) is 6.79. The lowest BCUT2D eigenvalue weighted by Gasteiger charge is -2.29. The number of aromatic nitrogens is 1. The number of rotatable bonds is 7. The number of para-hydroxylation sites is 1. The average molecular weight is 553 g/mol. The van der Waals surface area contributed by atoms with E-state index in [0.29, 0.717) is 13.1 Å². The molecule has 8 heteroatoms. The monoisotopic (exact) mass is 553 g/mol. The van der Waals surface area contributed by atoms with Crippen LogP contribution in [0.25, 0.3) is 0 Å². The smallest absolute Gasteiger partial charge is 0.191 e. The molecule has 1 aliphatic heterocycles. The number of aliphatic imine (C=N–C) groups is 1. The summed E-state index contributed by atoms with van der Waals surface area (Å²) in [5.74, 6) is 2.65. The fraction of sp³-hybridized carbons (Fsp3) is 0.500. The number of morpholine rings is 1. The van der Waals surface area contributed by atoms with E-state index in [1.54, 1.807) is 0 Å². The van der Waals surface area contributed by atoms with E-state index >= 15 is 0 Å². The molecule has 1 aliphatic rings. The number of nitrogens with one attached hydrogen (secondary N) is 2. The van der Waals surface area contributed by atoms with E-state index in [1.165, 1.54) is 0 Å². The highest BCUT2D eigenvalue weighted by Gasteiger charge is 2.16. The fourth-order valence-corrected chi connectivity index (χ4v) is 3.38. The van der Waals surface area contributed by atoms with Gasteiger partial charge < -0.3 is 25.0 Å². The number of guanidine groups is 1. The van der Waals surface area contributed by atoms with E-state index in [1.807, 2.05) is 30.5 Å². The Morgan fingerprint density at radius 1 is 1.09 bits per heavy atom. The third-order valence-corrected chi connectivity index (χ3v) is 4.76. The largest absolute Gasteiger partial charge is 0.488 e. The van der Waals surface area contributed by atoms with Crippen molar-refractivity contribution in [3.05, 3.63) is 53.7 Å². The molecule has 0 aliphatic carbocycles. The molecule has 2 heterocycles. The van der Waals surface area contributed by atoms with Crippen LogP contribution in [0.5, 0.6) is 5.75 Å². The van der Waals surface area contributed by atoms with Gasteiger partial charge in [0.1, 0.15) is 17.2 Å². The second kappa shape index (κ2) is 12.8. The van der Waals surface area contributed by atoms with Crippen LogP contribution in [0, 0.1) is 0 Å². The standard InChI is InChI=1S/C24H35N5O2.HI/c1-5-25-23(27-17-19-9-6-7-11-21(19)31-24(2,3)4)28-18-20-10-8-12-26-22(20)29-13-15-30-16-14-29;/h6-12H,5,13-18H2,1-4H3,(H2,25,27,28);1H. The summed E-state index contributed by atoms with van der Waals surface area (Å²) in [6.07, 6.45) is 1.85. The molecular formula is C24H36IN5O2. The van der Waals surface area contributed by atoms with Crippen LogP contribution in [-0.2, 0) is 17.8 Å². The van der Waals surface area contributed by atoms with Gasteiger partial charge in [-0.25, -0.2) is 9.98 Å². The molecule has 7 nitrogen and oxygen atoms in total. The van der Waals surface area contributed by atoms with Crippen molar-refractivity contribution in [2.45, 2.75) is 46.4 Å². The minimum atomic E-state index is -0.251. The van der Waals surface area contributed by atoms with Gasteiger partial charge in [-0.1, -0.05) is 24.3 Å². The van der Waals surface area contributed by atoms with Crippen LogP contribution in [0.3, 0.4) is 0 Å². The van der Waals surface area contributed by atoms with Gasteiger partial charge in [0.25, 0.3) is 0 Å². The molecule has 0 bridgehead atoms. The average Bonchev–Trinajstić information content (AvgIpc) is 2.76. The molecule has 1 fully saturated rings. The molecule has 0 radical (unpaired) electrons. The molecule has 1 aromatic heterocycles. The maximum absolute atomic E-state index is 6.10. The van der Waals surface area contributed by atoms with E-state index in [9.17, 15) is 0 Å². The summed E-state index contributed by atoms with van der Waals surface area (Å²) in [6, 6.07) is 12.2. The van der Waals surface area contributed by atoms with E-state index in [-0.39, 0.29) is 29.6 Å². The van der Waals surface area contributed by atoms with E-state index < -0.39 is 0 Å². The van der Waals surface area contributed by atoms with Crippen molar-refractivity contribution in [2.75, 3.05) is 37.7 Å². The third kappa shape index (κ3) is 8.12. The molecule has 3 rings (SSSR count). The topological polar surface area (TPSA) is 71.0 Å². The molecule has 1 aromatic carbocycles. The van der Waals surface area contributed by atoms with Crippen LogP contribution < -0.4 is 20.3 Å². The number of benzene rings is 1. The normalized spacial score (nSPS) is 14.5. The van der Waals surface area contributed by atoms with Crippen molar-refractivity contribution in [3.63, 3.8) is 0 Å². The zero-order chi connectivity index (χ0) is 22.1. The van der Waals surface area contributed by atoms with Crippen molar-refractivity contribution in [2.24, 2.45) is 4.99 Å². The number of nitrogens with zero attached hydrogens (tertiary/aromatic N) is 3. The summed E-state index contributed by atoms with van der Waals surface area (Å²) in [6.45, 7) is 13.4. The van der Waals surface area contributed by atoms with Crippen LogP contribution in [0.15, 0.2) is 47.6 Å². The van der Waals surface area contributed by atoms with Crippen molar-refractivity contribution >= 4 is 35.8 Å². The maximum atomic E-state index is 6.10. The first-order valence-electron chi connectivity index (χ1n) is 11.0. The van der Waals surface area contributed by atoms with Crippen molar-refractivity contribution in [1.29, 1.82) is 0 Å². The first-order chi connectivity index (χ1) is 15.0. The number of hydrogen-bond donors (Lipinski definition) is 2. The van der Waals surface area contributed by atoms with Gasteiger partial charge in [-0.05, 0) is 39.8 Å².